The summed E-state index contributed by atoms with van der Waals surface area (Å²) in [6.45, 7) is 2.42. The summed E-state index contributed by atoms with van der Waals surface area (Å²) in [5.74, 6) is -1.68. The fourth-order valence-electron chi connectivity index (χ4n) is 5.60. The molecule has 2 fully saturated rings. The van der Waals surface area contributed by atoms with Crippen LogP contribution >= 0.6 is 0 Å². The molecule has 5 rings (SSSR count). The third-order valence-corrected chi connectivity index (χ3v) is 7.34. The molecule has 3 aromatic carbocycles. The number of nitrogens with zero attached hydrogens (tertiary/aromatic N) is 2. The van der Waals surface area contributed by atoms with E-state index in [4.69, 9.17) is 5.73 Å². The van der Waals surface area contributed by atoms with E-state index in [0.29, 0.717) is 37.2 Å². The first-order valence-electron chi connectivity index (χ1n) is 11.8. The number of hydrogen-bond acceptors (Lipinski definition) is 3. The standard InChI is InChI=1S/C28H27F2N3O2/c29-23-10-6-21(7-11-23)28(22-8-12-24(30)13-9-22)14-15-33(27(28)35)25(26(31)34)20-17-32(18-20)16-19-4-2-1-3-5-19/h1-13,20,25H,14-18H2,(H2,31,34). The number of carbonyl (C=O) groups is 2. The van der Waals surface area contributed by atoms with Crippen LogP contribution in [0.3, 0.4) is 0 Å². The van der Waals surface area contributed by atoms with Crippen molar-refractivity contribution < 1.29 is 18.4 Å². The normalized spacial score (nSPS) is 18.9. The molecule has 3 aromatic rings. The molecule has 0 aliphatic carbocycles. The van der Waals surface area contributed by atoms with Crippen molar-refractivity contribution in [3.05, 3.63) is 107 Å². The maximum atomic E-state index is 14.1. The van der Waals surface area contributed by atoms with E-state index in [-0.39, 0.29) is 11.8 Å². The fraction of sp³-hybridized carbons (Fsp3) is 0.286. The molecule has 35 heavy (non-hydrogen) atoms. The van der Waals surface area contributed by atoms with E-state index in [1.165, 1.54) is 29.8 Å². The summed E-state index contributed by atoms with van der Waals surface area (Å²) < 4.78 is 27.4. The van der Waals surface area contributed by atoms with Crippen LogP contribution in [0, 0.1) is 17.6 Å². The molecule has 2 aliphatic heterocycles. The summed E-state index contributed by atoms with van der Waals surface area (Å²) in [4.78, 5) is 30.5. The molecule has 0 spiro atoms. The molecule has 2 heterocycles. The van der Waals surface area contributed by atoms with Crippen LogP contribution in [0.4, 0.5) is 8.78 Å². The Hall–Kier alpha value is -3.58. The molecule has 2 aliphatic rings. The van der Waals surface area contributed by atoms with Crippen molar-refractivity contribution in [3.63, 3.8) is 0 Å². The zero-order chi connectivity index (χ0) is 24.6. The number of hydrogen-bond donors (Lipinski definition) is 1. The second-order valence-corrected chi connectivity index (χ2v) is 9.45. The van der Waals surface area contributed by atoms with Crippen molar-refractivity contribution in [1.29, 1.82) is 0 Å². The van der Waals surface area contributed by atoms with Crippen molar-refractivity contribution in [2.75, 3.05) is 19.6 Å². The number of nitrogens with two attached hydrogens (primary N) is 1. The van der Waals surface area contributed by atoms with Crippen molar-refractivity contribution in [2.24, 2.45) is 11.7 Å². The minimum Gasteiger partial charge on any atom is -0.368 e. The van der Waals surface area contributed by atoms with Gasteiger partial charge in [-0.05, 0) is 47.4 Å². The summed E-state index contributed by atoms with van der Waals surface area (Å²) in [5.41, 5.74) is 7.11. The first kappa shape index (κ1) is 23.2. The largest absolute Gasteiger partial charge is 0.368 e. The van der Waals surface area contributed by atoms with Crippen LogP contribution < -0.4 is 5.73 Å². The second-order valence-electron chi connectivity index (χ2n) is 9.45. The van der Waals surface area contributed by atoms with E-state index in [2.05, 4.69) is 17.0 Å². The number of halogens is 2. The maximum absolute atomic E-state index is 14.1. The topological polar surface area (TPSA) is 66.6 Å². The predicted molar refractivity (Wildman–Crippen MR) is 128 cm³/mol. The lowest BCUT2D eigenvalue weighted by Gasteiger charge is -2.45. The molecule has 1 unspecified atom stereocenters. The Morgan fingerprint density at radius 1 is 0.914 bits per heavy atom. The van der Waals surface area contributed by atoms with Crippen LogP contribution in [-0.2, 0) is 21.5 Å². The van der Waals surface area contributed by atoms with Gasteiger partial charge in [-0.25, -0.2) is 8.78 Å². The third-order valence-electron chi connectivity index (χ3n) is 7.34. The Kier molecular flexibility index (Phi) is 6.11. The Bertz CT molecular complexity index is 1160. The highest BCUT2D eigenvalue weighted by Gasteiger charge is 2.54. The summed E-state index contributed by atoms with van der Waals surface area (Å²) in [6.07, 6.45) is 0.382. The number of amides is 2. The molecule has 2 saturated heterocycles. The highest BCUT2D eigenvalue weighted by molar-refractivity contribution is 5.97. The van der Waals surface area contributed by atoms with Gasteiger partial charge in [0.15, 0.2) is 0 Å². The van der Waals surface area contributed by atoms with Gasteiger partial charge in [0.2, 0.25) is 11.8 Å². The lowest BCUT2D eigenvalue weighted by molar-refractivity contribution is -0.143. The highest BCUT2D eigenvalue weighted by atomic mass is 19.1. The van der Waals surface area contributed by atoms with Crippen molar-refractivity contribution >= 4 is 11.8 Å². The smallest absolute Gasteiger partial charge is 0.240 e. The number of likely N-dealkylation sites (tertiary alicyclic amines) is 2. The quantitative estimate of drug-likeness (QED) is 0.569. The van der Waals surface area contributed by atoms with Crippen molar-refractivity contribution in [2.45, 2.75) is 24.4 Å². The molecule has 2 amide bonds. The lowest BCUT2D eigenvalue weighted by atomic mass is 9.73. The van der Waals surface area contributed by atoms with E-state index >= 15 is 0 Å². The van der Waals surface area contributed by atoms with Crippen LogP contribution in [0.5, 0.6) is 0 Å². The van der Waals surface area contributed by atoms with Gasteiger partial charge in [-0.1, -0.05) is 54.6 Å². The van der Waals surface area contributed by atoms with Gasteiger partial charge in [0.05, 0.1) is 0 Å². The van der Waals surface area contributed by atoms with E-state index in [0.717, 1.165) is 6.54 Å². The first-order valence-corrected chi connectivity index (χ1v) is 11.8. The van der Waals surface area contributed by atoms with E-state index in [9.17, 15) is 18.4 Å². The van der Waals surface area contributed by atoms with Crippen LogP contribution in [-0.4, -0.2) is 47.3 Å². The molecule has 0 bridgehead atoms. The average Bonchev–Trinajstić information content (AvgIpc) is 3.16. The van der Waals surface area contributed by atoms with E-state index < -0.39 is 29.0 Å². The molecule has 180 valence electrons. The molecule has 0 saturated carbocycles. The lowest BCUT2D eigenvalue weighted by Crippen LogP contribution is -2.61. The molecular formula is C28H27F2N3O2. The predicted octanol–water partition coefficient (Wildman–Crippen LogP) is 3.47. The summed E-state index contributed by atoms with van der Waals surface area (Å²) in [7, 11) is 0. The van der Waals surface area contributed by atoms with Crippen LogP contribution in [0.2, 0.25) is 0 Å². The highest BCUT2D eigenvalue weighted by Crippen LogP contribution is 2.44. The Morgan fingerprint density at radius 2 is 1.46 bits per heavy atom. The van der Waals surface area contributed by atoms with E-state index in [1.54, 1.807) is 29.2 Å². The molecule has 0 aromatic heterocycles. The van der Waals surface area contributed by atoms with Gasteiger partial charge in [-0.15, -0.1) is 0 Å². The van der Waals surface area contributed by atoms with Crippen LogP contribution in [0.25, 0.3) is 0 Å². The van der Waals surface area contributed by atoms with Gasteiger partial charge in [-0.2, -0.15) is 0 Å². The minimum absolute atomic E-state index is 0.0719. The number of rotatable bonds is 7. The van der Waals surface area contributed by atoms with Crippen molar-refractivity contribution in [3.8, 4) is 0 Å². The Balaban J connectivity index is 1.42. The number of benzene rings is 3. The summed E-state index contributed by atoms with van der Waals surface area (Å²) in [6, 6.07) is 20.9. The van der Waals surface area contributed by atoms with Crippen LogP contribution in [0.1, 0.15) is 23.1 Å². The van der Waals surface area contributed by atoms with Crippen molar-refractivity contribution in [1.82, 2.24) is 9.80 Å². The van der Waals surface area contributed by atoms with Gasteiger partial charge in [0.25, 0.3) is 0 Å². The van der Waals surface area contributed by atoms with Gasteiger partial charge < -0.3 is 10.6 Å². The van der Waals surface area contributed by atoms with Gasteiger partial charge >= 0.3 is 0 Å². The zero-order valence-corrected chi connectivity index (χ0v) is 19.2. The SMILES string of the molecule is NC(=O)C(C1CN(Cc2ccccc2)C1)N1CCC(c2ccc(F)cc2)(c2ccc(F)cc2)C1=O. The van der Waals surface area contributed by atoms with E-state index in [1.807, 2.05) is 18.2 Å². The number of primary amides is 1. The average molecular weight is 476 g/mol. The van der Waals surface area contributed by atoms with Gasteiger partial charge in [0, 0.05) is 32.1 Å². The maximum Gasteiger partial charge on any atom is 0.240 e. The molecule has 0 radical (unpaired) electrons. The Labute approximate surface area is 203 Å². The summed E-state index contributed by atoms with van der Waals surface area (Å²) >= 11 is 0. The zero-order valence-electron chi connectivity index (χ0n) is 19.2. The van der Waals surface area contributed by atoms with Gasteiger partial charge in [0.1, 0.15) is 23.1 Å². The third kappa shape index (κ3) is 4.21. The molecule has 2 N–H and O–H groups in total. The first-order chi connectivity index (χ1) is 16.9. The van der Waals surface area contributed by atoms with Crippen LogP contribution in [0.15, 0.2) is 78.9 Å². The molecule has 5 nitrogen and oxygen atoms in total. The minimum atomic E-state index is -1.14. The monoisotopic (exact) mass is 475 g/mol. The second kappa shape index (κ2) is 9.23. The fourth-order valence-corrected chi connectivity index (χ4v) is 5.60. The Morgan fingerprint density at radius 3 is 1.97 bits per heavy atom. The molecule has 1 atom stereocenters. The van der Waals surface area contributed by atoms with Gasteiger partial charge in [-0.3, -0.25) is 14.5 Å². The number of carbonyl (C=O) groups excluding carboxylic acids is 2. The molecule has 7 heteroatoms. The molecular weight excluding hydrogens is 448 g/mol. The summed E-state index contributed by atoms with van der Waals surface area (Å²) in [5, 5.41) is 0.